The summed E-state index contributed by atoms with van der Waals surface area (Å²) in [4.78, 5) is 15.1. The SMILES string of the molecule is C=C1CC(c2ccccn2)OC1=O. The fourth-order valence-corrected chi connectivity index (χ4v) is 1.29. The highest BCUT2D eigenvalue weighted by Crippen LogP contribution is 2.30. The second kappa shape index (κ2) is 3.01. The molecule has 0 radical (unpaired) electrons. The number of pyridine rings is 1. The van der Waals surface area contributed by atoms with E-state index in [9.17, 15) is 4.79 Å². The molecule has 0 bridgehead atoms. The second-order valence-corrected chi connectivity index (χ2v) is 2.96. The normalized spacial score (nSPS) is 21.7. The molecule has 1 fully saturated rings. The van der Waals surface area contributed by atoms with Crippen LogP contribution in [0.4, 0.5) is 0 Å². The quantitative estimate of drug-likeness (QED) is 0.481. The lowest BCUT2D eigenvalue weighted by molar-refractivity contribution is -0.139. The zero-order valence-electron chi connectivity index (χ0n) is 7.06. The molecule has 1 aliphatic heterocycles. The summed E-state index contributed by atoms with van der Waals surface area (Å²) in [6.45, 7) is 3.61. The molecule has 0 aromatic carbocycles. The van der Waals surface area contributed by atoms with Crippen LogP contribution in [0.5, 0.6) is 0 Å². The van der Waals surface area contributed by atoms with Crippen LogP contribution in [0.15, 0.2) is 36.5 Å². The van der Waals surface area contributed by atoms with E-state index in [1.165, 1.54) is 0 Å². The third-order valence-corrected chi connectivity index (χ3v) is 1.99. The average Bonchev–Trinajstić information content (AvgIpc) is 2.49. The minimum absolute atomic E-state index is 0.235. The first kappa shape index (κ1) is 7.98. The summed E-state index contributed by atoms with van der Waals surface area (Å²) < 4.78 is 5.06. The van der Waals surface area contributed by atoms with Gasteiger partial charge in [-0.2, -0.15) is 0 Å². The topological polar surface area (TPSA) is 39.2 Å². The summed E-state index contributed by atoms with van der Waals surface area (Å²) in [6, 6.07) is 5.54. The highest BCUT2D eigenvalue weighted by molar-refractivity contribution is 5.90. The first-order valence-corrected chi connectivity index (χ1v) is 4.07. The fraction of sp³-hybridized carbons (Fsp3) is 0.200. The predicted molar refractivity (Wildman–Crippen MR) is 46.8 cm³/mol. The molecule has 66 valence electrons. The molecule has 3 heteroatoms. The molecule has 2 rings (SSSR count). The lowest BCUT2D eigenvalue weighted by atomic mass is 10.1. The van der Waals surface area contributed by atoms with Crippen molar-refractivity contribution in [3.05, 3.63) is 42.2 Å². The van der Waals surface area contributed by atoms with Gasteiger partial charge in [0.05, 0.1) is 5.69 Å². The van der Waals surface area contributed by atoms with E-state index < -0.39 is 0 Å². The van der Waals surface area contributed by atoms with Crippen molar-refractivity contribution in [1.29, 1.82) is 0 Å². The van der Waals surface area contributed by atoms with Gasteiger partial charge in [0.2, 0.25) is 0 Å². The average molecular weight is 175 g/mol. The maximum atomic E-state index is 11.0. The van der Waals surface area contributed by atoms with Crippen LogP contribution in [0, 0.1) is 0 Å². The van der Waals surface area contributed by atoms with Gasteiger partial charge in [-0.1, -0.05) is 12.6 Å². The number of carbonyl (C=O) groups is 1. The standard InChI is InChI=1S/C10H9NO2/c1-7-6-9(13-10(7)12)8-4-2-3-5-11-8/h2-5,9H,1,6H2. The van der Waals surface area contributed by atoms with Gasteiger partial charge in [0.25, 0.3) is 0 Å². The Kier molecular flexibility index (Phi) is 1.85. The van der Waals surface area contributed by atoms with E-state index in [-0.39, 0.29) is 12.1 Å². The van der Waals surface area contributed by atoms with Crippen LogP contribution in [-0.2, 0) is 9.53 Å². The van der Waals surface area contributed by atoms with Crippen LogP contribution >= 0.6 is 0 Å². The molecular formula is C10H9NO2. The number of ether oxygens (including phenoxy) is 1. The molecule has 1 aromatic rings. The Balaban J connectivity index is 2.21. The van der Waals surface area contributed by atoms with Crippen LogP contribution in [-0.4, -0.2) is 11.0 Å². The largest absolute Gasteiger partial charge is 0.452 e. The lowest BCUT2D eigenvalue weighted by Gasteiger charge is -2.06. The van der Waals surface area contributed by atoms with Gasteiger partial charge in [-0.3, -0.25) is 4.98 Å². The number of aromatic nitrogens is 1. The number of cyclic esters (lactones) is 1. The number of nitrogens with zero attached hydrogens (tertiary/aromatic N) is 1. The second-order valence-electron chi connectivity index (χ2n) is 2.96. The Labute approximate surface area is 76.1 Å². The van der Waals surface area contributed by atoms with Gasteiger partial charge in [-0.25, -0.2) is 4.79 Å². The summed E-state index contributed by atoms with van der Waals surface area (Å²) >= 11 is 0. The van der Waals surface area contributed by atoms with Crippen molar-refractivity contribution in [2.45, 2.75) is 12.5 Å². The van der Waals surface area contributed by atoms with Gasteiger partial charge in [-0.15, -0.1) is 0 Å². The minimum atomic E-state index is -0.310. The highest BCUT2D eigenvalue weighted by atomic mass is 16.5. The number of hydrogen-bond donors (Lipinski definition) is 0. The van der Waals surface area contributed by atoms with Crippen molar-refractivity contribution >= 4 is 5.97 Å². The van der Waals surface area contributed by atoms with E-state index in [4.69, 9.17) is 4.74 Å². The molecule has 0 spiro atoms. The highest BCUT2D eigenvalue weighted by Gasteiger charge is 2.29. The van der Waals surface area contributed by atoms with Crippen LogP contribution < -0.4 is 0 Å². The van der Waals surface area contributed by atoms with Crippen molar-refractivity contribution in [2.75, 3.05) is 0 Å². The van der Waals surface area contributed by atoms with Crippen molar-refractivity contribution in [1.82, 2.24) is 4.98 Å². The van der Waals surface area contributed by atoms with Gasteiger partial charge in [0.15, 0.2) is 0 Å². The monoisotopic (exact) mass is 175 g/mol. The number of hydrogen-bond acceptors (Lipinski definition) is 3. The van der Waals surface area contributed by atoms with Crippen molar-refractivity contribution < 1.29 is 9.53 Å². The molecule has 13 heavy (non-hydrogen) atoms. The summed E-state index contributed by atoms with van der Waals surface area (Å²) in [5.41, 5.74) is 1.31. The minimum Gasteiger partial charge on any atom is -0.452 e. The molecule has 1 unspecified atom stereocenters. The summed E-state index contributed by atoms with van der Waals surface area (Å²) in [5.74, 6) is -0.310. The molecule has 1 aliphatic rings. The first-order chi connectivity index (χ1) is 6.27. The molecule has 2 heterocycles. The number of carbonyl (C=O) groups excluding carboxylic acids is 1. The van der Waals surface area contributed by atoms with E-state index in [1.54, 1.807) is 6.20 Å². The van der Waals surface area contributed by atoms with Gasteiger partial charge >= 0.3 is 5.97 Å². The fourth-order valence-electron chi connectivity index (χ4n) is 1.29. The Hall–Kier alpha value is -1.64. The van der Waals surface area contributed by atoms with Crippen LogP contribution in [0.1, 0.15) is 18.2 Å². The molecule has 0 amide bonds. The summed E-state index contributed by atoms with van der Waals surface area (Å²) in [7, 11) is 0. The zero-order chi connectivity index (χ0) is 9.26. The van der Waals surface area contributed by atoms with Gasteiger partial charge < -0.3 is 4.74 Å². The Morgan fingerprint density at radius 2 is 2.38 bits per heavy atom. The number of rotatable bonds is 1. The molecule has 1 atom stereocenters. The molecule has 0 N–H and O–H groups in total. The Morgan fingerprint density at radius 1 is 1.54 bits per heavy atom. The lowest BCUT2D eigenvalue weighted by Crippen LogP contribution is -2.00. The molecular weight excluding hydrogens is 166 g/mol. The molecule has 3 nitrogen and oxygen atoms in total. The van der Waals surface area contributed by atoms with Gasteiger partial charge in [0.1, 0.15) is 6.10 Å². The van der Waals surface area contributed by atoms with E-state index in [0.29, 0.717) is 12.0 Å². The van der Waals surface area contributed by atoms with Crippen LogP contribution in [0.3, 0.4) is 0 Å². The van der Waals surface area contributed by atoms with Crippen LogP contribution in [0.25, 0.3) is 0 Å². The predicted octanol–water partition coefficient (Wildman–Crippen LogP) is 1.63. The zero-order valence-corrected chi connectivity index (χ0v) is 7.06. The third-order valence-electron chi connectivity index (χ3n) is 1.99. The van der Waals surface area contributed by atoms with E-state index in [1.807, 2.05) is 18.2 Å². The van der Waals surface area contributed by atoms with E-state index >= 15 is 0 Å². The maximum absolute atomic E-state index is 11.0. The Bertz CT molecular complexity index is 329. The van der Waals surface area contributed by atoms with E-state index in [2.05, 4.69) is 11.6 Å². The van der Waals surface area contributed by atoms with Gasteiger partial charge in [-0.05, 0) is 12.1 Å². The van der Waals surface area contributed by atoms with Crippen molar-refractivity contribution in [3.63, 3.8) is 0 Å². The third kappa shape index (κ3) is 1.45. The smallest absolute Gasteiger partial charge is 0.334 e. The summed E-state index contributed by atoms with van der Waals surface area (Å²) in [5, 5.41) is 0. The molecule has 1 aromatic heterocycles. The maximum Gasteiger partial charge on any atom is 0.334 e. The Morgan fingerprint density at radius 3 is 2.92 bits per heavy atom. The summed E-state index contributed by atoms with van der Waals surface area (Å²) in [6.07, 6.45) is 2.00. The molecule has 0 aliphatic carbocycles. The number of esters is 1. The van der Waals surface area contributed by atoms with E-state index in [0.717, 1.165) is 5.69 Å². The van der Waals surface area contributed by atoms with Crippen LogP contribution in [0.2, 0.25) is 0 Å². The molecule has 0 saturated carbocycles. The van der Waals surface area contributed by atoms with Gasteiger partial charge in [0, 0.05) is 18.2 Å². The first-order valence-electron chi connectivity index (χ1n) is 4.07. The van der Waals surface area contributed by atoms with Crippen molar-refractivity contribution in [2.24, 2.45) is 0 Å². The van der Waals surface area contributed by atoms with Crippen molar-refractivity contribution in [3.8, 4) is 0 Å². The molecule has 1 saturated heterocycles.